The first-order valence-corrected chi connectivity index (χ1v) is 6.59. The lowest BCUT2D eigenvalue weighted by molar-refractivity contribution is 0.402. The summed E-state index contributed by atoms with van der Waals surface area (Å²) < 4.78 is 7.61. The van der Waals surface area contributed by atoms with Gasteiger partial charge in [0, 0.05) is 24.0 Å². The van der Waals surface area contributed by atoms with Crippen molar-refractivity contribution in [3.63, 3.8) is 0 Å². The number of nitrogens with one attached hydrogen (secondary N) is 1. The summed E-state index contributed by atoms with van der Waals surface area (Å²) in [5, 5.41) is 3.44. The molecule has 2 aromatic rings. The van der Waals surface area contributed by atoms with Crippen molar-refractivity contribution in [1.82, 2.24) is 14.9 Å². The second kappa shape index (κ2) is 5.89. The molecule has 102 valence electrons. The fourth-order valence-corrected chi connectivity index (χ4v) is 2.40. The number of nitrogens with zero attached hydrogens (tertiary/aromatic N) is 2. The molecular weight excluding hydrogens is 238 g/mol. The first-order chi connectivity index (χ1) is 9.19. The van der Waals surface area contributed by atoms with Crippen LogP contribution < -0.4 is 10.1 Å². The minimum Gasteiger partial charge on any atom is -0.496 e. The van der Waals surface area contributed by atoms with E-state index in [0.717, 1.165) is 29.4 Å². The van der Waals surface area contributed by atoms with Gasteiger partial charge >= 0.3 is 0 Å². The summed E-state index contributed by atoms with van der Waals surface area (Å²) in [5.74, 6) is 1.87. The Balaban J connectivity index is 2.57. The molecule has 1 unspecified atom stereocenters. The van der Waals surface area contributed by atoms with Crippen LogP contribution in [-0.2, 0) is 0 Å². The molecule has 1 N–H and O–H groups in total. The third kappa shape index (κ3) is 2.63. The van der Waals surface area contributed by atoms with Crippen LogP contribution in [0.1, 0.15) is 31.3 Å². The molecule has 0 aliphatic heterocycles. The van der Waals surface area contributed by atoms with Crippen molar-refractivity contribution in [3.05, 3.63) is 42.0 Å². The summed E-state index contributed by atoms with van der Waals surface area (Å²) >= 11 is 0. The minimum absolute atomic E-state index is 0.220. The summed E-state index contributed by atoms with van der Waals surface area (Å²) in [5.41, 5.74) is 2.27. The molecule has 0 radical (unpaired) electrons. The number of aryl methyl sites for hydroxylation is 1. The first-order valence-electron chi connectivity index (χ1n) is 6.59. The summed E-state index contributed by atoms with van der Waals surface area (Å²) in [7, 11) is 1.71. The van der Waals surface area contributed by atoms with Crippen LogP contribution >= 0.6 is 0 Å². The Kier molecular flexibility index (Phi) is 4.22. The zero-order chi connectivity index (χ0) is 13.8. The molecule has 0 aliphatic rings. The number of imidazole rings is 1. The lowest BCUT2D eigenvalue weighted by atomic mass is 10.0. The lowest BCUT2D eigenvalue weighted by Gasteiger charge is -2.21. The maximum absolute atomic E-state index is 5.52. The predicted octanol–water partition coefficient (Wildman–Crippen LogP) is 2.86. The van der Waals surface area contributed by atoms with Gasteiger partial charge in [-0.15, -0.1) is 0 Å². The van der Waals surface area contributed by atoms with Crippen molar-refractivity contribution in [2.24, 2.45) is 0 Å². The van der Waals surface area contributed by atoms with E-state index < -0.39 is 0 Å². The number of ether oxygens (including phenoxy) is 1. The normalized spacial score (nSPS) is 12.4. The fourth-order valence-electron chi connectivity index (χ4n) is 2.40. The molecule has 0 saturated carbocycles. The summed E-state index contributed by atoms with van der Waals surface area (Å²) in [6.45, 7) is 7.17. The highest BCUT2D eigenvalue weighted by Gasteiger charge is 2.17. The molecule has 2 rings (SSSR count). The highest BCUT2D eigenvalue weighted by atomic mass is 16.5. The molecule has 0 bridgehead atoms. The fraction of sp³-hybridized carbons (Fsp3) is 0.400. The second-order valence-corrected chi connectivity index (χ2v) is 4.52. The van der Waals surface area contributed by atoms with Gasteiger partial charge in [-0.1, -0.05) is 13.0 Å². The van der Waals surface area contributed by atoms with E-state index in [1.807, 2.05) is 31.5 Å². The Bertz CT molecular complexity index is 548. The van der Waals surface area contributed by atoms with Gasteiger partial charge in [0.1, 0.15) is 11.6 Å². The molecule has 19 heavy (non-hydrogen) atoms. The van der Waals surface area contributed by atoms with E-state index in [9.17, 15) is 0 Å². The van der Waals surface area contributed by atoms with Gasteiger partial charge in [-0.05, 0) is 32.5 Å². The highest BCUT2D eigenvalue weighted by Crippen LogP contribution is 2.31. The Morgan fingerprint density at radius 3 is 2.79 bits per heavy atom. The second-order valence-electron chi connectivity index (χ2n) is 4.52. The van der Waals surface area contributed by atoms with Crippen LogP contribution in [0.3, 0.4) is 0 Å². The van der Waals surface area contributed by atoms with Crippen LogP contribution in [0.5, 0.6) is 5.75 Å². The maximum Gasteiger partial charge on any atom is 0.125 e. The van der Waals surface area contributed by atoms with Crippen molar-refractivity contribution in [1.29, 1.82) is 0 Å². The number of hydrogen-bond donors (Lipinski definition) is 1. The Morgan fingerprint density at radius 1 is 1.42 bits per heavy atom. The average molecular weight is 259 g/mol. The number of rotatable bonds is 5. The van der Waals surface area contributed by atoms with Gasteiger partial charge < -0.3 is 14.6 Å². The van der Waals surface area contributed by atoms with Gasteiger partial charge in [0.05, 0.1) is 12.8 Å². The van der Waals surface area contributed by atoms with Crippen molar-refractivity contribution < 1.29 is 4.74 Å². The quantitative estimate of drug-likeness (QED) is 0.897. The summed E-state index contributed by atoms with van der Waals surface area (Å²) in [6.07, 6.45) is 3.79. The first kappa shape index (κ1) is 13.6. The van der Waals surface area contributed by atoms with Crippen LogP contribution in [0.2, 0.25) is 0 Å². The van der Waals surface area contributed by atoms with Gasteiger partial charge in [0.25, 0.3) is 0 Å². The molecule has 0 saturated heterocycles. The average Bonchev–Trinajstić information content (AvgIpc) is 2.84. The molecule has 0 spiro atoms. The number of benzene rings is 1. The third-order valence-electron chi connectivity index (χ3n) is 3.29. The van der Waals surface area contributed by atoms with Crippen LogP contribution in [0.4, 0.5) is 0 Å². The molecule has 1 heterocycles. The van der Waals surface area contributed by atoms with E-state index >= 15 is 0 Å². The van der Waals surface area contributed by atoms with E-state index in [1.165, 1.54) is 0 Å². The van der Waals surface area contributed by atoms with Crippen molar-refractivity contribution >= 4 is 0 Å². The van der Waals surface area contributed by atoms with Gasteiger partial charge in [0.15, 0.2) is 0 Å². The molecule has 0 aliphatic carbocycles. The number of methoxy groups -OCH3 is 1. The van der Waals surface area contributed by atoms with Crippen molar-refractivity contribution in [3.8, 4) is 11.4 Å². The van der Waals surface area contributed by atoms with Crippen LogP contribution in [-0.4, -0.2) is 23.2 Å². The zero-order valence-electron chi connectivity index (χ0n) is 12.0. The van der Waals surface area contributed by atoms with Crippen molar-refractivity contribution in [2.45, 2.75) is 26.8 Å². The Hall–Kier alpha value is -1.81. The summed E-state index contributed by atoms with van der Waals surface area (Å²) in [6, 6.07) is 6.33. The van der Waals surface area contributed by atoms with Gasteiger partial charge in [0.2, 0.25) is 0 Å². The third-order valence-corrected chi connectivity index (χ3v) is 3.29. The standard InChI is InChI=1S/C15H21N3O/c1-5-16-11(2)15-13(7-6-8-14(15)19-4)18-10-9-17-12(18)3/h6-11,16H,5H2,1-4H3. The minimum atomic E-state index is 0.220. The zero-order valence-corrected chi connectivity index (χ0v) is 12.0. The Labute approximate surface area is 114 Å². The predicted molar refractivity (Wildman–Crippen MR) is 76.9 cm³/mol. The van der Waals surface area contributed by atoms with Crippen LogP contribution in [0.25, 0.3) is 5.69 Å². The molecule has 4 heteroatoms. The topological polar surface area (TPSA) is 39.1 Å². The SMILES string of the molecule is CCNC(C)c1c(OC)cccc1-n1ccnc1C. The molecular formula is C15H21N3O. The van der Waals surface area contributed by atoms with Gasteiger partial charge in [-0.25, -0.2) is 4.98 Å². The molecule has 4 nitrogen and oxygen atoms in total. The van der Waals surface area contributed by atoms with Crippen LogP contribution in [0, 0.1) is 6.92 Å². The molecule has 1 atom stereocenters. The van der Waals surface area contributed by atoms with E-state index in [4.69, 9.17) is 4.74 Å². The smallest absolute Gasteiger partial charge is 0.125 e. The van der Waals surface area contributed by atoms with Gasteiger partial charge in [-0.2, -0.15) is 0 Å². The van der Waals surface area contributed by atoms with Gasteiger partial charge in [-0.3, -0.25) is 0 Å². The summed E-state index contributed by atoms with van der Waals surface area (Å²) in [4.78, 5) is 4.30. The number of hydrogen-bond acceptors (Lipinski definition) is 3. The highest BCUT2D eigenvalue weighted by molar-refractivity contribution is 5.52. The Morgan fingerprint density at radius 2 is 2.21 bits per heavy atom. The largest absolute Gasteiger partial charge is 0.496 e. The molecule has 0 amide bonds. The van der Waals surface area contributed by atoms with E-state index in [-0.39, 0.29) is 6.04 Å². The van der Waals surface area contributed by atoms with Crippen LogP contribution in [0.15, 0.2) is 30.6 Å². The number of aromatic nitrogens is 2. The van der Waals surface area contributed by atoms with E-state index in [2.05, 4.69) is 34.8 Å². The lowest BCUT2D eigenvalue weighted by Crippen LogP contribution is -2.20. The monoisotopic (exact) mass is 259 g/mol. The van der Waals surface area contributed by atoms with E-state index in [1.54, 1.807) is 7.11 Å². The molecule has 1 aromatic carbocycles. The molecule has 0 fully saturated rings. The van der Waals surface area contributed by atoms with Crippen molar-refractivity contribution in [2.75, 3.05) is 13.7 Å². The molecule has 1 aromatic heterocycles. The van der Waals surface area contributed by atoms with E-state index in [0.29, 0.717) is 0 Å². The maximum atomic E-state index is 5.52.